The summed E-state index contributed by atoms with van der Waals surface area (Å²) in [6.45, 7) is 5.93. The average Bonchev–Trinajstić information content (AvgIpc) is 2.75. The summed E-state index contributed by atoms with van der Waals surface area (Å²) in [7, 11) is 0. The van der Waals surface area contributed by atoms with Crippen LogP contribution < -0.4 is 0 Å². The number of hydrogen-bond donors (Lipinski definition) is 0. The zero-order chi connectivity index (χ0) is 15.3. The van der Waals surface area contributed by atoms with Crippen molar-refractivity contribution in [2.24, 2.45) is 0 Å². The van der Waals surface area contributed by atoms with Gasteiger partial charge in [-0.1, -0.05) is 24.3 Å². The average molecular weight is 310 g/mol. The molecule has 2 rings (SSSR count). The van der Waals surface area contributed by atoms with E-state index in [-0.39, 0.29) is 0 Å². The van der Waals surface area contributed by atoms with Crippen molar-refractivity contribution in [2.45, 2.75) is 6.42 Å². The highest BCUT2D eigenvalue weighted by molar-refractivity contribution is 5.32. The van der Waals surface area contributed by atoms with Crippen LogP contribution in [0.1, 0.15) is 6.42 Å². The first kappa shape index (κ1) is 17.4. The molecule has 0 fully saturated rings. The molecule has 0 atom stereocenters. The van der Waals surface area contributed by atoms with E-state index in [0.717, 1.165) is 12.0 Å². The van der Waals surface area contributed by atoms with E-state index in [4.69, 9.17) is 23.7 Å². The standard InChI is InChI=1S/C17H26O5/c1-2-4-17-13-16(3-1)14-21-11-9-19-7-5-18-6-8-20-10-12-22-15-17/h1-3,13H,4-12,14-15H2. The number of fused-ring (bicyclic) bond motifs is 1. The largest absolute Gasteiger partial charge is 0.377 e. The molecule has 0 N–H and O–H groups in total. The van der Waals surface area contributed by atoms with Gasteiger partial charge in [0.15, 0.2) is 0 Å². The van der Waals surface area contributed by atoms with E-state index in [1.54, 1.807) is 0 Å². The Hall–Kier alpha value is -0.980. The van der Waals surface area contributed by atoms with Crippen LogP contribution in [0.2, 0.25) is 0 Å². The number of hydrogen-bond acceptors (Lipinski definition) is 5. The Bertz CT molecular complexity index is 387. The highest BCUT2D eigenvalue weighted by atomic mass is 16.6. The molecular weight excluding hydrogens is 284 g/mol. The smallest absolute Gasteiger partial charge is 0.0718 e. The molecule has 0 saturated carbocycles. The summed E-state index contributed by atoms with van der Waals surface area (Å²) in [4.78, 5) is 0. The van der Waals surface area contributed by atoms with Crippen molar-refractivity contribution < 1.29 is 23.7 Å². The molecule has 0 amide bonds. The zero-order valence-corrected chi connectivity index (χ0v) is 13.1. The number of rotatable bonds is 0. The molecule has 1 aliphatic carbocycles. The second-order valence-corrected chi connectivity index (χ2v) is 5.12. The van der Waals surface area contributed by atoms with Crippen molar-refractivity contribution in [1.82, 2.24) is 0 Å². The van der Waals surface area contributed by atoms with Crippen molar-refractivity contribution in [1.29, 1.82) is 0 Å². The van der Waals surface area contributed by atoms with Crippen LogP contribution in [0.25, 0.3) is 0 Å². The molecule has 1 heterocycles. The lowest BCUT2D eigenvalue weighted by molar-refractivity contribution is -0.00857. The molecule has 2 bridgehead atoms. The van der Waals surface area contributed by atoms with Crippen LogP contribution in [-0.2, 0) is 23.7 Å². The van der Waals surface area contributed by atoms with Crippen LogP contribution in [0.3, 0.4) is 0 Å². The lowest BCUT2D eigenvalue weighted by Crippen LogP contribution is -2.14. The summed E-state index contributed by atoms with van der Waals surface area (Å²) in [6, 6.07) is 0. The Labute approximate surface area is 132 Å². The first-order chi connectivity index (χ1) is 10.9. The minimum absolute atomic E-state index is 0.585. The molecule has 0 aromatic carbocycles. The lowest BCUT2D eigenvalue weighted by atomic mass is 10.1. The molecule has 0 aromatic rings. The van der Waals surface area contributed by atoms with E-state index in [1.807, 2.05) is 0 Å². The fourth-order valence-electron chi connectivity index (χ4n) is 2.14. The van der Waals surface area contributed by atoms with Gasteiger partial charge >= 0.3 is 0 Å². The summed E-state index contributed by atoms with van der Waals surface area (Å²) < 4.78 is 27.6. The van der Waals surface area contributed by atoms with Gasteiger partial charge in [-0.25, -0.2) is 0 Å². The van der Waals surface area contributed by atoms with Gasteiger partial charge < -0.3 is 23.7 Å². The van der Waals surface area contributed by atoms with Crippen LogP contribution in [0.5, 0.6) is 0 Å². The van der Waals surface area contributed by atoms with Gasteiger partial charge in [-0.05, 0) is 17.6 Å². The summed E-state index contributed by atoms with van der Waals surface area (Å²) >= 11 is 0. The molecular formula is C17H26O5. The highest BCUT2D eigenvalue weighted by Gasteiger charge is 2.03. The Balaban J connectivity index is 1.80. The predicted molar refractivity (Wildman–Crippen MR) is 84.0 cm³/mol. The minimum atomic E-state index is 0.585. The van der Waals surface area contributed by atoms with E-state index in [0.29, 0.717) is 66.1 Å². The number of ether oxygens (including phenoxy) is 5. The Kier molecular flexibility index (Phi) is 9.14. The van der Waals surface area contributed by atoms with Crippen molar-refractivity contribution in [3.63, 3.8) is 0 Å². The van der Waals surface area contributed by atoms with Gasteiger partial charge in [0.25, 0.3) is 0 Å². The fraction of sp³-hybridized carbons (Fsp3) is 0.647. The van der Waals surface area contributed by atoms with Crippen LogP contribution in [-0.4, -0.2) is 66.1 Å². The lowest BCUT2D eigenvalue weighted by Gasteiger charge is -2.11. The van der Waals surface area contributed by atoms with Gasteiger partial charge in [0.1, 0.15) is 0 Å². The maximum absolute atomic E-state index is 5.66. The third kappa shape index (κ3) is 7.87. The molecule has 22 heavy (non-hydrogen) atoms. The molecule has 124 valence electrons. The fourth-order valence-corrected chi connectivity index (χ4v) is 2.14. The van der Waals surface area contributed by atoms with Gasteiger partial charge in [-0.15, -0.1) is 0 Å². The summed E-state index contributed by atoms with van der Waals surface area (Å²) in [6.07, 6.45) is 9.38. The van der Waals surface area contributed by atoms with Gasteiger partial charge in [0, 0.05) is 0 Å². The molecule has 2 aliphatic rings. The molecule has 0 spiro atoms. The van der Waals surface area contributed by atoms with Gasteiger partial charge in [0.2, 0.25) is 0 Å². The summed E-state index contributed by atoms with van der Waals surface area (Å²) in [5, 5.41) is 0. The van der Waals surface area contributed by atoms with Crippen LogP contribution in [0.15, 0.2) is 35.5 Å². The highest BCUT2D eigenvalue weighted by Crippen LogP contribution is 2.13. The Morgan fingerprint density at radius 2 is 1.18 bits per heavy atom. The molecule has 0 unspecified atom stereocenters. The maximum atomic E-state index is 5.66. The van der Waals surface area contributed by atoms with Crippen molar-refractivity contribution in [3.8, 4) is 0 Å². The second-order valence-electron chi connectivity index (χ2n) is 5.12. The summed E-state index contributed by atoms with van der Waals surface area (Å²) in [5.74, 6) is 0. The molecule has 1 aliphatic heterocycles. The normalized spacial score (nSPS) is 23.6. The first-order valence-electron chi connectivity index (χ1n) is 7.89. The predicted octanol–water partition coefficient (Wildman–Crippen LogP) is 1.90. The van der Waals surface area contributed by atoms with Crippen molar-refractivity contribution in [2.75, 3.05) is 66.1 Å². The Morgan fingerprint density at radius 1 is 0.636 bits per heavy atom. The molecule has 0 aromatic heterocycles. The number of allylic oxidation sites excluding steroid dienone is 3. The Morgan fingerprint density at radius 3 is 1.82 bits per heavy atom. The van der Waals surface area contributed by atoms with E-state index >= 15 is 0 Å². The van der Waals surface area contributed by atoms with Crippen LogP contribution in [0, 0.1) is 0 Å². The molecule has 0 saturated heterocycles. The summed E-state index contributed by atoms with van der Waals surface area (Å²) in [5.41, 5.74) is 2.41. The molecule has 5 heteroatoms. The third-order valence-electron chi connectivity index (χ3n) is 3.26. The first-order valence-corrected chi connectivity index (χ1v) is 7.89. The SMILES string of the molecule is C1=CCC2=CC(=C1)COCCOCCOCCOCCOC2. The van der Waals surface area contributed by atoms with Gasteiger partial charge in [-0.3, -0.25) is 0 Å². The van der Waals surface area contributed by atoms with Gasteiger partial charge in [0.05, 0.1) is 66.1 Å². The quantitative estimate of drug-likeness (QED) is 0.684. The third-order valence-corrected chi connectivity index (χ3v) is 3.26. The van der Waals surface area contributed by atoms with E-state index in [9.17, 15) is 0 Å². The van der Waals surface area contributed by atoms with Gasteiger partial charge in [-0.2, -0.15) is 0 Å². The van der Waals surface area contributed by atoms with Crippen LogP contribution >= 0.6 is 0 Å². The van der Waals surface area contributed by atoms with Crippen molar-refractivity contribution >= 4 is 0 Å². The van der Waals surface area contributed by atoms with E-state index in [1.165, 1.54) is 5.57 Å². The zero-order valence-electron chi connectivity index (χ0n) is 13.1. The minimum Gasteiger partial charge on any atom is -0.377 e. The van der Waals surface area contributed by atoms with Crippen molar-refractivity contribution in [3.05, 3.63) is 35.5 Å². The van der Waals surface area contributed by atoms with Crippen LogP contribution in [0.4, 0.5) is 0 Å². The molecule has 0 radical (unpaired) electrons. The topological polar surface area (TPSA) is 46.2 Å². The van der Waals surface area contributed by atoms with E-state index < -0.39 is 0 Å². The monoisotopic (exact) mass is 310 g/mol. The molecule has 5 nitrogen and oxygen atoms in total. The van der Waals surface area contributed by atoms with E-state index in [2.05, 4.69) is 24.3 Å². The maximum Gasteiger partial charge on any atom is 0.0718 e. The second kappa shape index (κ2) is 11.6.